The first-order chi connectivity index (χ1) is 7.74. The van der Waals surface area contributed by atoms with Gasteiger partial charge in [0.05, 0.1) is 0 Å². The van der Waals surface area contributed by atoms with Crippen LogP contribution in [0.2, 0.25) is 0 Å². The van der Waals surface area contributed by atoms with Gasteiger partial charge in [0.1, 0.15) is 12.7 Å². The second kappa shape index (κ2) is 8.98. The fourth-order valence-corrected chi connectivity index (χ4v) is 1.16. The van der Waals surface area contributed by atoms with Crippen molar-refractivity contribution < 1.29 is 14.2 Å². The molecule has 0 aliphatic rings. The average Bonchev–Trinajstić information content (AvgIpc) is 2.28. The molecule has 1 aromatic carbocycles. The van der Waals surface area contributed by atoms with Gasteiger partial charge >= 0.3 is 0 Å². The molecule has 0 fully saturated rings. The molecule has 1 aromatic rings. The predicted octanol–water partition coefficient (Wildman–Crippen LogP) is 1.76. The first-order valence-electron chi connectivity index (χ1n) is 5.11. The van der Waals surface area contributed by atoms with Crippen molar-refractivity contribution in [2.45, 2.75) is 6.10 Å². The maximum Gasteiger partial charge on any atom is 0.165 e. The minimum atomic E-state index is -0.667. The molecule has 0 saturated heterocycles. The van der Waals surface area contributed by atoms with Crippen LogP contribution in [0.15, 0.2) is 36.9 Å². The van der Waals surface area contributed by atoms with Gasteiger partial charge in [0.25, 0.3) is 0 Å². The smallest absolute Gasteiger partial charge is 0.165 e. The Morgan fingerprint density at radius 1 is 1.47 bits per heavy atom. The first kappa shape index (κ1) is 15.9. The maximum absolute atomic E-state index is 13.1. The van der Waals surface area contributed by atoms with Crippen LogP contribution in [0, 0.1) is 5.82 Å². The normalized spacial score (nSPS) is 11.4. The molecule has 0 aromatic heterocycles. The van der Waals surface area contributed by atoms with Crippen molar-refractivity contribution >= 4 is 12.4 Å². The minimum absolute atomic E-state index is 0. The molecule has 0 aliphatic heterocycles. The summed E-state index contributed by atoms with van der Waals surface area (Å²) in [7, 11) is 0. The highest BCUT2D eigenvalue weighted by Gasteiger charge is 2.06. The number of aliphatic hydroxyl groups is 1. The van der Waals surface area contributed by atoms with Gasteiger partial charge in [-0.1, -0.05) is 18.2 Å². The lowest BCUT2D eigenvalue weighted by Gasteiger charge is -2.12. The second-order valence-corrected chi connectivity index (χ2v) is 3.34. The van der Waals surface area contributed by atoms with Crippen LogP contribution in [0.3, 0.4) is 0 Å². The number of aliphatic hydroxyl groups excluding tert-OH is 1. The Hall–Kier alpha value is -1.10. The number of halogens is 2. The Morgan fingerprint density at radius 2 is 2.18 bits per heavy atom. The van der Waals surface area contributed by atoms with Crippen LogP contribution < -0.4 is 10.1 Å². The summed E-state index contributed by atoms with van der Waals surface area (Å²) >= 11 is 0. The fraction of sp³-hybridized carbons (Fsp3) is 0.333. The molecule has 1 unspecified atom stereocenters. The molecule has 5 heteroatoms. The van der Waals surface area contributed by atoms with Gasteiger partial charge in [0.2, 0.25) is 0 Å². The Bertz CT molecular complexity index is 336. The van der Waals surface area contributed by atoms with Crippen molar-refractivity contribution in [3.63, 3.8) is 0 Å². The Morgan fingerprint density at radius 3 is 2.82 bits per heavy atom. The van der Waals surface area contributed by atoms with Gasteiger partial charge in [0, 0.05) is 13.1 Å². The Balaban J connectivity index is 0.00000256. The summed E-state index contributed by atoms with van der Waals surface area (Å²) in [5.74, 6) is -0.265. The van der Waals surface area contributed by atoms with Crippen LogP contribution in [0.1, 0.15) is 0 Å². The second-order valence-electron chi connectivity index (χ2n) is 3.34. The third-order valence-electron chi connectivity index (χ3n) is 1.94. The van der Waals surface area contributed by atoms with Crippen molar-refractivity contribution in [2.75, 3.05) is 19.7 Å². The standard InChI is InChI=1S/C12H16FNO2.ClH/c1-2-7-14-8-10(15)9-16-12-6-4-3-5-11(12)13;/h2-6,10,14-15H,1,7-9H2;1H. The molecule has 3 nitrogen and oxygen atoms in total. The molecule has 0 aliphatic carbocycles. The maximum atomic E-state index is 13.1. The number of hydrogen-bond donors (Lipinski definition) is 2. The average molecular weight is 262 g/mol. The van der Waals surface area contributed by atoms with E-state index in [1.54, 1.807) is 18.2 Å². The highest BCUT2D eigenvalue weighted by molar-refractivity contribution is 5.85. The third-order valence-corrected chi connectivity index (χ3v) is 1.94. The molecule has 0 heterocycles. The summed E-state index contributed by atoms with van der Waals surface area (Å²) in [6.45, 7) is 4.61. The monoisotopic (exact) mass is 261 g/mol. The molecule has 0 spiro atoms. The van der Waals surface area contributed by atoms with Crippen molar-refractivity contribution in [3.8, 4) is 5.75 Å². The van der Waals surface area contributed by atoms with Crippen LogP contribution in [-0.4, -0.2) is 30.9 Å². The lowest BCUT2D eigenvalue weighted by molar-refractivity contribution is 0.105. The molecular formula is C12H17ClFNO2. The molecule has 96 valence electrons. The van der Waals surface area contributed by atoms with E-state index < -0.39 is 11.9 Å². The summed E-state index contributed by atoms with van der Waals surface area (Å²) in [4.78, 5) is 0. The quantitative estimate of drug-likeness (QED) is 0.581. The number of hydrogen-bond acceptors (Lipinski definition) is 3. The van der Waals surface area contributed by atoms with E-state index in [9.17, 15) is 9.50 Å². The molecule has 2 N–H and O–H groups in total. The van der Waals surface area contributed by atoms with E-state index >= 15 is 0 Å². The summed E-state index contributed by atoms with van der Waals surface area (Å²) in [6, 6.07) is 6.11. The van der Waals surface area contributed by atoms with Gasteiger partial charge in [-0.25, -0.2) is 4.39 Å². The molecule has 0 bridgehead atoms. The van der Waals surface area contributed by atoms with Crippen molar-refractivity contribution in [1.29, 1.82) is 0 Å². The molecule has 0 radical (unpaired) electrons. The van der Waals surface area contributed by atoms with Gasteiger partial charge < -0.3 is 15.2 Å². The zero-order chi connectivity index (χ0) is 11.8. The Kier molecular flexibility index (Phi) is 8.40. The molecule has 17 heavy (non-hydrogen) atoms. The van der Waals surface area contributed by atoms with Gasteiger partial charge in [-0.2, -0.15) is 0 Å². The zero-order valence-corrected chi connectivity index (χ0v) is 10.3. The highest BCUT2D eigenvalue weighted by atomic mass is 35.5. The summed E-state index contributed by atoms with van der Waals surface area (Å²) in [6.07, 6.45) is 1.03. The fourth-order valence-electron chi connectivity index (χ4n) is 1.16. The minimum Gasteiger partial charge on any atom is -0.488 e. The predicted molar refractivity (Wildman–Crippen MR) is 68.2 cm³/mol. The van der Waals surface area contributed by atoms with Gasteiger partial charge in [-0.05, 0) is 12.1 Å². The molecule has 0 saturated carbocycles. The van der Waals surface area contributed by atoms with Crippen LogP contribution in [0.5, 0.6) is 5.75 Å². The number of ether oxygens (including phenoxy) is 1. The summed E-state index contributed by atoms with van der Waals surface area (Å²) in [5, 5.41) is 12.4. The van der Waals surface area contributed by atoms with Gasteiger partial charge in [-0.3, -0.25) is 0 Å². The van der Waals surface area contributed by atoms with Crippen molar-refractivity contribution in [1.82, 2.24) is 5.32 Å². The van der Waals surface area contributed by atoms with Crippen molar-refractivity contribution in [3.05, 3.63) is 42.7 Å². The first-order valence-corrected chi connectivity index (χ1v) is 5.11. The van der Waals surface area contributed by atoms with E-state index in [4.69, 9.17) is 4.74 Å². The van der Waals surface area contributed by atoms with E-state index in [1.807, 2.05) is 0 Å². The largest absolute Gasteiger partial charge is 0.488 e. The SMILES string of the molecule is C=CCNCC(O)COc1ccccc1F.Cl. The molecule has 0 amide bonds. The zero-order valence-electron chi connectivity index (χ0n) is 9.43. The van der Waals surface area contributed by atoms with Crippen molar-refractivity contribution in [2.24, 2.45) is 0 Å². The van der Waals surface area contributed by atoms with E-state index in [-0.39, 0.29) is 24.8 Å². The molecular weight excluding hydrogens is 245 g/mol. The van der Waals surface area contributed by atoms with Crippen LogP contribution in [0.4, 0.5) is 4.39 Å². The summed E-state index contributed by atoms with van der Waals surface area (Å²) < 4.78 is 18.2. The third kappa shape index (κ3) is 6.26. The lowest BCUT2D eigenvalue weighted by Crippen LogP contribution is -2.31. The molecule has 1 rings (SSSR count). The lowest BCUT2D eigenvalue weighted by atomic mass is 10.3. The number of para-hydroxylation sites is 1. The van der Waals surface area contributed by atoms with E-state index in [0.717, 1.165) is 0 Å². The van der Waals surface area contributed by atoms with E-state index in [0.29, 0.717) is 13.1 Å². The highest BCUT2D eigenvalue weighted by Crippen LogP contribution is 2.15. The van der Waals surface area contributed by atoms with Crippen LogP contribution in [0.25, 0.3) is 0 Å². The number of benzene rings is 1. The van der Waals surface area contributed by atoms with Crippen LogP contribution in [-0.2, 0) is 0 Å². The van der Waals surface area contributed by atoms with E-state index in [1.165, 1.54) is 12.1 Å². The topological polar surface area (TPSA) is 41.5 Å². The number of nitrogens with one attached hydrogen (secondary N) is 1. The van der Waals surface area contributed by atoms with Gasteiger partial charge in [-0.15, -0.1) is 19.0 Å². The van der Waals surface area contributed by atoms with Crippen LogP contribution >= 0.6 is 12.4 Å². The Labute approximate surface area is 107 Å². The summed E-state index contributed by atoms with van der Waals surface area (Å²) in [5.41, 5.74) is 0. The molecule has 1 atom stereocenters. The van der Waals surface area contributed by atoms with E-state index in [2.05, 4.69) is 11.9 Å². The van der Waals surface area contributed by atoms with Gasteiger partial charge in [0.15, 0.2) is 11.6 Å². The number of rotatable bonds is 7.